The number of pyridine rings is 1. The zero-order chi connectivity index (χ0) is 17.2. The lowest BCUT2D eigenvalue weighted by Crippen LogP contribution is -2.58. The molecule has 0 radical (unpaired) electrons. The molecule has 2 aromatic heterocycles. The summed E-state index contributed by atoms with van der Waals surface area (Å²) in [5.41, 5.74) is 3.02. The highest BCUT2D eigenvalue weighted by Gasteiger charge is 2.33. The number of piperazine rings is 1. The topological polar surface area (TPSA) is 78.1 Å². The maximum absolute atomic E-state index is 12.8. The van der Waals surface area contributed by atoms with Crippen molar-refractivity contribution in [3.8, 4) is 0 Å². The van der Waals surface area contributed by atoms with Crippen molar-refractivity contribution in [2.24, 2.45) is 0 Å². The SMILES string of the molecule is O=C1CN(Cc2ccncc2)C(=O)[C@@H](Cc2c[nH]c3ccccc23)N1. The first-order valence-electron chi connectivity index (χ1n) is 8.23. The second kappa shape index (κ2) is 6.39. The van der Waals surface area contributed by atoms with E-state index in [1.54, 1.807) is 17.3 Å². The van der Waals surface area contributed by atoms with Crippen LogP contribution in [0.5, 0.6) is 0 Å². The number of carbonyl (C=O) groups excluding carboxylic acids is 2. The summed E-state index contributed by atoms with van der Waals surface area (Å²) < 4.78 is 0. The van der Waals surface area contributed by atoms with Crippen LogP contribution in [0.1, 0.15) is 11.1 Å². The molecule has 3 aromatic rings. The number of amides is 2. The van der Waals surface area contributed by atoms with Crippen LogP contribution in [-0.4, -0.2) is 39.3 Å². The predicted octanol–water partition coefficient (Wildman–Crippen LogP) is 1.63. The number of para-hydroxylation sites is 1. The lowest BCUT2D eigenvalue weighted by atomic mass is 10.0. The highest BCUT2D eigenvalue weighted by atomic mass is 16.2. The van der Waals surface area contributed by atoms with Crippen LogP contribution in [0, 0.1) is 0 Å². The molecule has 0 bridgehead atoms. The van der Waals surface area contributed by atoms with Gasteiger partial charge >= 0.3 is 0 Å². The molecule has 1 aliphatic heterocycles. The molecule has 126 valence electrons. The number of H-pyrrole nitrogens is 1. The maximum atomic E-state index is 12.8. The Hall–Kier alpha value is -3.15. The number of nitrogens with zero attached hydrogens (tertiary/aromatic N) is 2. The second-order valence-electron chi connectivity index (χ2n) is 6.23. The summed E-state index contributed by atoms with van der Waals surface area (Å²) in [5.74, 6) is -0.180. The number of hydrogen-bond donors (Lipinski definition) is 2. The van der Waals surface area contributed by atoms with E-state index in [1.165, 1.54) is 0 Å². The third-order valence-electron chi connectivity index (χ3n) is 4.50. The zero-order valence-electron chi connectivity index (χ0n) is 13.6. The van der Waals surface area contributed by atoms with Gasteiger partial charge in [0.15, 0.2) is 0 Å². The van der Waals surface area contributed by atoms with Crippen LogP contribution >= 0.6 is 0 Å². The third kappa shape index (κ3) is 3.10. The molecule has 1 aromatic carbocycles. The minimum Gasteiger partial charge on any atom is -0.361 e. The van der Waals surface area contributed by atoms with Crippen molar-refractivity contribution < 1.29 is 9.59 Å². The number of carbonyl (C=O) groups is 2. The number of hydrogen-bond acceptors (Lipinski definition) is 3. The minimum atomic E-state index is -0.540. The van der Waals surface area contributed by atoms with Gasteiger partial charge in [-0.05, 0) is 29.3 Å². The van der Waals surface area contributed by atoms with Crippen molar-refractivity contribution in [2.45, 2.75) is 19.0 Å². The molecule has 2 amide bonds. The maximum Gasteiger partial charge on any atom is 0.246 e. The largest absolute Gasteiger partial charge is 0.361 e. The number of benzene rings is 1. The molecule has 6 nitrogen and oxygen atoms in total. The van der Waals surface area contributed by atoms with Crippen LogP contribution in [0.25, 0.3) is 10.9 Å². The Morgan fingerprint density at radius 2 is 1.92 bits per heavy atom. The van der Waals surface area contributed by atoms with Gasteiger partial charge in [-0.25, -0.2) is 0 Å². The fourth-order valence-corrected chi connectivity index (χ4v) is 3.27. The zero-order valence-corrected chi connectivity index (χ0v) is 13.6. The lowest BCUT2D eigenvalue weighted by Gasteiger charge is -2.32. The number of fused-ring (bicyclic) bond motifs is 1. The van der Waals surface area contributed by atoms with E-state index in [4.69, 9.17) is 0 Å². The summed E-state index contributed by atoms with van der Waals surface area (Å²) >= 11 is 0. The predicted molar refractivity (Wildman–Crippen MR) is 93.6 cm³/mol. The molecular weight excluding hydrogens is 316 g/mol. The Morgan fingerprint density at radius 1 is 1.12 bits per heavy atom. The molecule has 0 aliphatic carbocycles. The molecular formula is C19H18N4O2. The molecule has 0 saturated carbocycles. The van der Waals surface area contributed by atoms with E-state index in [0.717, 1.165) is 22.0 Å². The van der Waals surface area contributed by atoms with Gasteiger partial charge in [-0.1, -0.05) is 18.2 Å². The molecule has 0 spiro atoms. The fraction of sp³-hybridized carbons (Fsp3) is 0.211. The van der Waals surface area contributed by atoms with Crippen LogP contribution in [0.2, 0.25) is 0 Å². The van der Waals surface area contributed by atoms with Gasteiger partial charge in [0, 0.05) is 42.5 Å². The highest BCUT2D eigenvalue weighted by molar-refractivity contribution is 5.95. The Balaban J connectivity index is 1.55. The average molecular weight is 334 g/mol. The summed E-state index contributed by atoms with van der Waals surface area (Å²) in [7, 11) is 0. The molecule has 4 rings (SSSR count). The van der Waals surface area contributed by atoms with Crippen LogP contribution in [-0.2, 0) is 22.6 Å². The molecule has 25 heavy (non-hydrogen) atoms. The smallest absolute Gasteiger partial charge is 0.246 e. The van der Waals surface area contributed by atoms with Gasteiger partial charge in [-0.2, -0.15) is 0 Å². The van der Waals surface area contributed by atoms with Gasteiger partial charge in [0.2, 0.25) is 11.8 Å². The molecule has 1 aliphatic rings. The minimum absolute atomic E-state index is 0.0540. The number of aromatic amines is 1. The molecule has 0 unspecified atom stereocenters. The van der Waals surface area contributed by atoms with Gasteiger partial charge in [0.1, 0.15) is 6.04 Å². The summed E-state index contributed by atoms with van der Waals surface area (Å²) in [6.45, 7) is 0.505. The first kappa shape index (κ1) is 15.4. The summed E-state index contributed by atoms with van der Waals surface area (Å²) in [6, 6.07) is 11.1. The van der Waals surface area contributed by atoms with E-state index < -0.39 is 6.04 Å². The van der Waals surface area contributed by atoms with E-state index in [2.05, 4.69) is 15.3 Å². The number of nitrogens with one attached hydrogen (secondary N) is 2. The summed E-state index contributed by atoms with van der Waals surface area (Å²) in [4.78, 5) is 33.7. The van der Waals surface area contributed by atoms with Crippen molar-refractivity contribution >= 4 is 22.7 Å². The van der Waals surface area contributed by atoms with Gasteiger partial charge in [0.25, 0.3) is 0 Å². The van der Waals surface area contributed by atoms with E-state index in [1.807, 2.05) is 42.6 Å². The number of rotatable bonds is 4. The third-order valence-corrected chi connectivity index (χ3v) is 4.50. The standard InChI is InChI=1S/C19H18N4O2/c24-18-12-23(11-13-5-7-20-8-6-13)19(25)17(22-18)9-14-10-21-16-4-2-1-3-15(14)16/h1-8,10,17,21H,9,11-12H2,(H,22,24)/t17-/m1/s1. The Bertz CT molecular complexity index is 919. The van der Waals surface area contributed by atoms with Crippen molar-refractivity contribution in [3.05, 3.63) is 66.1 Å². The van der Waals surface area contributed by atoms with Gasteiger partial charge < -0.3 is 15.2 Å². The molecule has 1 atom stereocenters. The Morgan fingerprint density at radius 3 is 2.76 bits per heavy atom. The molecule has 1 fully saturated rings. The summed E-state index contributed by atoms with van der Waals surface area (Å²) in [6.07, 6.45) is 5.76. The average Bonchev–Trinajstić information content (AvgIpc) is 3.03. The van der Waals surface area contributed by atoms with Crippen LogP contribution in [0.4, 0.5) is 0 Å². The van der Waals surface area contributed by atoms with Crippen molar-refractivity contribution in [2.75, 3.05) is 6.54 Å². The molecule has 2 N–H and O–H groups in total. The van der Waals surface area contributed by atoms with Crippen LogP contribution in [0.3, 0.4) is 0 Å². The van der Waals surface area contributed by atoms with E-state index >= 15 is 0 Å². The Kier molecular flexibility index (Phi) is 3.93. The van der Waals surface area contributed by atoms with E-state index in [0.29, 0.717) is 13.0 Å². The molecule has 6 heteroatoms. The Labute approximate surface area is 144 Å². The highest BCUT2D eigenvalue weighted by Crippen LogP contribution is 2.20. The van der Waals surface area contributed by atoms with Crippen molar-refractivity contribution in [1.82, 2.24) is 20.2 Å². The van der Waals surface area contributed by atoms with Crippen molar-refractivity contribution in [3.63, 3.8) is 0 Å². The molecule has 3 heterocycles. The quantitative estimate of drug-likeness (QED) is 0.761. The lowest BCUT2D eigenvalue weighted by molar-refractivity contribution is -0.144. The number of aromatic nitrogens is 2. The van der Waals surface area contributed by atoms with Gasteiger partial charge in [-0.15, -0.1) is 0 Å². The first-order chi connectivity index (χ1) is 12.2. The van der Waals surface area contributed by atoms with Crippen LogP contribution < -0.4 is 5.32 Å². The first-order valence-corrected chi connectivity index (χ1v) is 8.23. The van der Waals surface area contributed by atoms with E-state index in [-0.39, 0.29) is 18.4 Å². The van der Waals surface area contributed by atoms with Gasteiger partial charge in [0.05, 0.1) is 6.54 Å². The fourth-order valence-electron chi connectivity index (χ4n) is 3.27. The van der Waals surface area contributed by atoms with Crippen molar-refractivity contribution in [1.29, 1.82) is 0 Å². The van der Waals surface area contributed by atoms with E-state index in [9.17, 15) is 9.59 Å². The monoisotopic (exact) mass is 334 g/mol. The second-order valence-corrected chi connectivity index (χ2v) is 6.23. The van der Waals surface area contributed by atoms with Crippen LogP contribution in [0.15, 0.2) is 55.0 Å². The molecule has 1 saturated heterocycles. The summed E-state index contributed by atoms with van der Waals surface area (Å²) in [5, 5.41) is 3.91. The van der Waals surface area contributed by atoms with Gasteiger partial charge in [-0.3, -0.25) is 14.6 Å². The normalized spacial score (nSPS) is 17.8.